The zero-order valence-corrected chi connectivity index (χ0v) is 27.4. The van der Waals surface area contributed by atoms with E-state index in [4.69, 9.17) is 8.85 Å². The molecule has 222 valence electrons. The topological polar surface area (TPSA) is 18.5 Å². The van der Waals surface area contributed by atoms with E-state index in [-0.39, 0.29) is 0 Å². The molecule has 46 heavy (non-hydrogen) atoms. The van der Waals surface area contributed by atoms with Crippen molar-refractivity contribution >= 4 is 47.8 Å². The molecule has 0 radical (unpaired) electrons. The summed E-state index contributed by atoms with van der Waals surface area (Å²) in [5, 5.41) is 7.00. The fourth-order valence-electron chi connectivity index (χ4n) is 6.34. The zero-order valence-electron chi connectivity index (χ0n) is 25.4. The molecular formula is C42H34O2Si2. The van der Waals surface area contributed by atoms with Crippen LogP contribution < -0.4 is 40.0 Å². The van der Waals surface area contributed by atoms with Crippen LogP contribution in [0.1, 0.15) is 0 Å². The minimum atomic E-state index is -3.07. The Morgan fingerprint density at radius 3 is 0.587 bits per heavy atom. The molecule has 0 amide bonds. The molecule has 4 heteroatoms. The van der Waals surface area contributed by atoms with E-state index in [1.54, 1.807) is 0 Å². The summed E-state index contributed by atoms with van der Waals surface area (Å²) in [6.07, 6.45) is 0. The van der Waals surface area contributed by atoms with Crippen LogP contribution in [0.4, 0.5) is 0 Å². The molecule has 0 aliphatic rings. The van der Waals surface area contributed by atoms with Gasteiger partial charge >= 0.3 is 16.6 Å². The predicted molar refractivity (Wildman–Crippen MR) is 196 cm³/mol. The van der Waals surface area contributed by atoms with E-state index < -0.39 is 16.6 Å². The molecular weight excluding hydrogens is 593 g/mol. The van der Waals surface area contributed by atoms with E-state index in [2.05, 4.69) is 194 Å². The summed E-state index contributed by atoms with van der Waals surface area (Å²) in [6, 6.07) is 72.3. The molecule has 0 bridgehead atoms. The van der Waals surface area contributed by atoms with Gasteiger partial charge in [-0.2, -0.15) is 0 Å². The third-order valence-electron chi connectivity index (χ3n) is 8.46. The molecule has 0 atom stereocenters. The fraction of sp³-hybridized carbons (Fsp3) is 0. The van der Waals surface area contributed by atoms with E-state index in [9.17, 15) is 0 Å². The highest BCUT2D eigenvalue weighted by Gasteiger charge is 2.47. The smallest absolute Gasteiger partial charge is 0.347 e. The van der Waals surface area contributed by atoms with Crippen molar-refractivity contribution in [1.82, 2.24) is 0 Å². The first-order valence-corrected chi connectivity index (χ1v) is 19.4. The van der Waals surface area contributed by atoms with Crippen LogP contribution in [-0.4, -0.2) is 16.6 Å². The lowest BCUT2D eigenvalue weighted by molar-refractivity contribution is 0.506. The van der Waals surface area contributed by atoms with Crippen molar-refractivity contribution in [3.63, 3.8) is 0 Å². The van der Waals surface area contributed by atoms with Gasteiger partial charge in [-0.25, -0.2) is 0 Å². The Morgan fingerprint density at radius 1 is 0.217 bits per heavy atom. The summed E-state index contributed by atoms with van der Waals surface area (Å²) in [6.45, 7) is 0. The van der Waals surface area contributed by atoms with Crippen LogP contribution >= 0.6 is 0 Å². The molecule has 0 unspecified atom stereocenters. The van der Waals surface area contributed by atoms with E-state index in [0.717, 1.165) is 11.5 Å². The summed E-state index contributed by atoms with van der Waals surface area (Å²) in [5.41, 5.74) is 0. The van der Waals surface area contributed by atoms with Crippen LogP contribution in [0.3, 0.4) is 0 Å². The minimum absolute atomic E-state index is 0.727. The number of hydrogen-bond donors (Lipinski definition) is 0. The average Bonchev–Trinajstić information content (AvgIpc) is 3.15. The summed E-state index contributed by atoms with van der Waals surface area (Å²) >= 11 is 0. The summed E-state index contributed by atoms with van der Waals surface area (Å²) in [4.78, 5) is 0. The highest BCUT2D eigenvalue weighted by molar-refractivity contribution is 7.08. The number of hydrogen-bond acceptors (Lipinski definition) is 2. The summed E-state index contributed by atoms with van der Waals surface area (Å²) < 4.78 is 15.2. The average molecular weight is 627 g/mol. The van der Waals surface area contributed by atoms with Crippen molar-refractivity contribution in [3.8, 4) is 11.5 Å². The molecule has 7 rings (SSSR count). The van der Waals surface area contributed by atoms with Crippen molar-refractivity contribution in [2.45, 2.75) is 0 Å². The van der Waals surface area contributed by atoms with Crippen LogP contribution in [0.2, 0.25) is 0 Å². The Labute approximate surface area is 273 Å². The molecule has 0 heterocycles. The normalized spacial score (nSPS) is 11.5. The van der Waals surface area contributed by atoms with E-state index in [1.807, 2.05) is 12.1 Å². The van der Waals surface area contributed by atoms with Crippen LogP contribution in [0.25, 0.3) is 0 Å². The highest BCUT2D eigenvalue weighted by atomic mass is 28.4. The van der Waals surface area contributed by atoms with Gasteiger partial charge in [-0.15, -0.1) is 0 Å². The maximum Gasteiger partial charge on any atom is 0.347 e. The first kappa shape index (κ1) is 29.3. The van der Waals surface area contributed by atoms with Crippen LogP contribution in [0, 0.1) is 0 Å². The Morgan fingerprint density at radius 2 is 0.391 bits per heavy atom. The quantitative estimate of drug-likeness (QED) is 0.142. The fourth-order valence-corrected chi connectivity index (χ4v) is 14.0. The molecule has 0 aliphatic heterocycles. The Hall–Kier alpha value is -5.43. The Kier molecular flexibility index (Phi) is 8.46. The van der Waals surface area contributed by atoms with Crippen LogP contribution in [0.15, 0.2) is 206 Å². The van der Waals surface area contributed by atoms with Crippen LogP contribution in [-0.2, 0) is 0 Å². The lowest BCUT2D eigenvalue weighted by atomic mass is 10.3. The first-order valence-electron chi connectivity index (χ1n) is 15.6. The molecule has 0 aliphatic carbocycles. The third-order valence-corrected chi connectivity index (χ3v) is 16.4. The monoisotopic (exact) mass is 626 g/mol. The number of benzene rings is 7. The number of rotatable bonds is 10. The number of para-hydroxylation sites is 2. The van der Waals surface area contributed by atoms with Crippen molar-refractivity contribution in [2.24, 2.45) is 0 Å². The Balaban J connectivity index is 1.46. The second-order valence-corrected chi connectivity index (χ2v) is 17.8. The van der Waals surface area contributed by atoms with Gasteiger partial charge in [0.25, 0.3) is 0 Å². The van der Waals surface area contributed by atoms with E-state index >= 15 is 0 Å². The highest BCUT2D eigenvalue weighted by Crippen LogP contribution is 2.31. The van der Waals surface area contributed by atoms with Gasteiger partial charge in [0, 0.05) is 0 Å². The summed E-state index contributed by atoms with van der Waals surface area (Å²) in [5.74, 6) is 1.45. The van der Waals surface area contributed by atoms with Gasteiger partial charge in [0.05, 0.1) is 0 Å². The molecule has 0 aromatic heterocycles. The maximum atomic E-state index is 7.58. The third kappa shape index (κ3) is 5.49. The van der Waals surface area contributed by atoms with Gasteiger partial charge in [0.15, 0.2) is 0 Å². The zero-order chi connectivity index (χ0) is 31.1. The van der Waals surface area contributed by atoms with Crippen molar-refractivity contribution in [1.29, 1.82) is 0 Å². The van der Waals surface area contributed by atoms with Crippen molar-refractivity contribution < 1.29 is 8.85 Å². The van der Waals surface area contributed by atoms with E-state index in [0.29, 0.717) is 0 Å². The van der Waals surface area contributed by atoms with Gasteiger partial charge in [0.2, 0.25) is 0 Å². The predicted octanol–water partition coefficient (Wildman–Crippen LogP) is 5.78. The van der Waals surface area contributed by atoms with Crippen molar-refractivity contribution in [3.05, 3.63) is 206 Å². The lowest BCUT2D eigenvalue weighted by Gasteiger charge is -2.37. The molecule has 0 saturated carbocycles. The molecule has 0 spiro atoms. The maximum absolute atomic E-state index is 7.58. The molecule has 2 nitrogen and oxygen atoms in total. The largest absolute Gasteiger partial charge is 0.528 e. The van der Waals surface area contributed by atoms with E-state index in [1.165, 1.54) is 31.1 Å². The lowest BCUT2D eigenvalue weighted by Crippen LogP contribution is -2.72. The van der Waals surface area contributed by atoms with Crippen molar-refractivity contribution in [2.75, 3.05) is 0 Å². The second-order valence-electron chi connectivity index (χ2n) is 11.2. The molecule has 0 N–H and O–H groups in total. The molecule has 7 aromatic rings. The standard InChI is InChI=1S/C42H34O2Si2/c1-7-21-35(22-8-1)45(36-23-9-2-10-24-36,37-25-11-3-12-26-37)43-41-33-19-20-34-42(41)44-46(38-27-13-4-14-28-38,39-29-15-5-16-30-39)40-31-17-6-18-32-40/h1-34H. The van der Waals surface area contributed by atoms with Gasteiger partial charge in [-0.3, -0.25) is 0 Å². The van der Waals surface area contributed by atoms with Gasteiger partial charge < -0.3 is 8.85 Å². The second kappa shape index (κ2) is 13.3. The SMILES string of the molecule is c1ccc([Si](Oc2ccccc2O[Si](c2ccccc2)(c2ccccc2)c2ccccc2)(c2ccccc2)c2ccccc2)cc1. The van der Waals surface area contributed by atoms with Gasteiger partial charge in [0.1, 0.15) is 11.5 Å². The van der Waals surface area contributed by atoms with Gasteiger partial charge in [-0.1, -0.05) is 194 Å². The molecule has 7 aromatic carbocycles. The Bertz CT molecular complexity index is 1630. The summed E-state index contributed by atoms with van der Waals surface area (Å²) in [7, 11) is -6.15. The van der Waals surface area contributed by atoms with Crippen LogP contribution in [0.5, 0.6) is 11.5 Å². The molecule has 0 saturated heterocycles. The van der Waals surface area contributed by atoms with Gasteiger partial charge in [-0.05, 0) is 43.3 Å². The molecule has 0 fully saturated rings. The minimum Gasteiger partial charge on any atom is -0.528 e. The first-order chi connectivity index (χ1) is 22.8.